The topological polar surface area (TPSA) is 52.9 Å². The fraction of sp³-hybridized carbons (Fsp3) is 0.0526. The van der Waals surface area contributed by atoms with Gasteiger partial charge in [0.1, 0.15) is 0 Å². The lowest BCUT2D eigenvalue weighted by Gasteiger charge is -2.07. The Morgan fingerprint density at radius 3 is 2.59 bits per heavy atom. The molecule has 0 aromatic heterocycles. The molecule has 1 N–H and O–H groups in total. The molecule has 0 aliphatic rings. The van der Waals surface area contributed by atoms with Crippen LogP contribution in [-0.4, -0.2) is 5.91 Å². The van der Waals surface area contributed by atoms with E-state index in [9.17, 15) is 4.79 Å². The third kappa shape index (κ3) is 2.97. The normalized spacial score (nSPS) is 10.1. The van der Waals surface area contributed by atoms with Gasteiger partial charge in [-0.25, -0.2) is 0 Å². The molecule has 0 bridgehead atoms. The van der Waals surface area contributed by atoms with Gasteiger partial charge in [0.25, 0.3) is 5.91 Å². The number of carbonyl (C=O) groups is 1. The van der Waals surface area contributed by atoms with E-state index in [2.05, 4.69) is 11.4 Å². The number of carbonyl (C=O) groups excluding carboxylic acids is 1. The lowest BCUT2D eigenvalue weighted by molar-refractivity contribution is 0.0951. The van der Waals surface area contributed by atoms with Crippen molar-refractivity contribution < 1.29 is 4.79 Å². The van der Waals surface area contributed by atoms with Crippen molar-refractivity contribution in [2.75, 3.05) is 0 Å². The van der Waals surface area contributed by atoms with Gasteiger partial charge in [-0.05, 0) is 40.6 Å². The standard InChI is InChI=1S/C19H14N2O/c20-12-14-4-3-5-15(10-14)13-21-19(22)18-9-8-16-6-1-2-7-17(16)11-18/h1-11H,13H2,(H,21,22). The molecule has 0 saturated heterocycles. The van der Waals surface area contributed by atoms with Gasteiger partial charge < -0.3 is 5.32 Å². The molecule has 0 atom stereocenters. The fourth-order valence-electron chi connectivity index (χ4n) is 2.37. The Kier molecular flexibility index (Phi) is 3.84. The minimum atomic E-state index is -0.117. The maximum Gasteiger partial charge on any atom is 0.251 e. The van der Waals surface area contributed by atoms with E-state index < -0.39 is 0 Å². The van der Waals surface area contributed by atoms with Crippen molar-refractivity contribution in [3.63, 3.8) is 0 Å². The molecule has 106 valence electrons. The third-order valence-corrected chi connectivity index (χ3v) is 3.52. The Morgan fingerprint density at radius 1 is 0.955 bits per heavy atom. The van der Waals surface area contributed by atoms with Gasteiger partial charge in [0.2, 0.25) is 0 Å². The summed E-state index contributed by atoms with van der Waals surface area (Å²) < 4.78 is 0. The maximum atomic E-state index is 12.2. The number of rotatable bonds is 3. The summed E-state index contributed by atoms with van der Waals surface area (Å²) in [6, 6.07) is 22.9. The molecule has 0 saturated carbocycles. The first-order valence-electron chi connectivity index (χ1n) is 7.02. The summed E-state index contributed by atoms with van der Waals surface area (Å²) in [5, 5.41) is 13.9. The van der Waals surface area contributed by atoms with Crippen LogP contribution in [0.3, 0.4) is 0 Å². The Bertz CT molecular complexity index is 878. The summed E-state index contributed by atoms with van der Waals surface area (Å²) in [6.07, 6.45) is 0. The SMILES string of the molecule is N#Cc1cccc(CNC(=O)c2ccc3ccccc3c2)c1. The smallest absolute Gasteiger partial charge is 0.251 e. The molecule has 0 unspecified atom stereocenters. The largest absolute Gasteiger partial charge is 0.348 e. The van der Waals surface area contributed by atoms with Gasteiger partial charge in [0, 0.05) is 12.1 Å². The molecular formula is C19H14N2O. The molecule has 3 rings (SSSR count). The molecule has 0 aliphatic carbocycles. The molecule has 0 radical (unpaired) electrons. The monoisotopic (exact) mass is 286 g/mol. The molecule has 0 spiro atoms. The quantitative estimate of drug-likeness (QED) is 0.799. The van der Waals surface area contributed by atoms with Gasteiger partial charge in [-0.2, -0.15) is 5.26 Å². The Morgan fingerprint density at radius 2 is 1.77 bits per heavy atom. The fourth-order valence-corrected chi connectivity index (χ4v) is 2.37. The van der Waals surface area contributed by atoms with Crippen molar-refractivity contribution in [3.05, 3.63) is 83.4 Å². The van der Waals surface area contributed by atoms with E-state index in [-0.39, 0.29) is 5.91 Å². The molecule has 22 heavy (non-hydrogen) atoms. The van der Waals surface area contributed by atoms with Crippen LogP contribution in [0.4, 0.5) is 0 Å². The van der Waals surface area contributed by atoms with E-state index in [4.69, 9.17) is 5.26 Å². The van der Waals surface area contributed by atoms with Crippen molar-refractivity contribution >= 4 is 16.7 Å². The second-order valence-corrected chi connectivity index (χ2v) is 5.06. The van der Waals surface area contributed by atoms with E-state index in [0.29, 0.717) is 17.7 Å². The van der Waals surface area contributed by atoms with Gasteiger partial charge in [0.05, 0.1) is 11.6 Å². The zero-order valence-corrected chi connectivity index (χ0v) is 11.9. The maximum absolute atomic E-state index is 12.2. The van der Waals surface area contributed by atoms with Crippen LogP contribution in [0.25, 0.3) is 10.8 Å². The summed E-state index contributed by atoms with van der Waals surface area (Å²) >= 11 is 0. The number of nitrogens with zero attached hydrogens (tertiary/aromatic N) is 1. The Hall–Kier alpha value is -3.12. The molecule has 3 aromatic carbocycles. The highest BCUT2D eigenvalue weighted by atomic mass is 16.1. The second-order valence-electron chi connectivity index (χ2n) is 5.06. The summed E-state index contributed by atoms with van der Waals surface area (Å²) in [5.41, 5.74) is 2.14. The lowest BCUT2D eigenvalue weighted by Crippen LogP contribution is -2.22. The van der Waals surface area contributed by atoms with Gasteiger partial charge in [-0.3, -0.25) is 4.79 Å². The molecule has 3 nitrogen and oxygen atoms in total. The minimum absolute atomic E-state index is 0.117. The Balaban J connectivity index is 1.74. The molecule has 0 fully saturated rings. The van der Waals surface area contributed by atoms with Gasteiger partial charge in [-0.15, -0.1) is 0 Å². The average molecular weight is 286 g/mol. The van der Waals surface area contributed by atoms with Crippen LogP contribution in [0.5, 0.6) is 0 Å². The van der Waals surface area contributed by atoms with E-state index in [1.807, 2.05) is 54.6 Å². The van der Waals surface area contributed by atoms with Crippen LogP contribution in [-0.2, 0) is 6.54 Å². The van der Waals surface area contributed by atoms with Crippen molar-refractivity contribution in [3.8, 4) is 6.07 Å². The van der Waals surface area contributed by atoms with E-state index in [1.54, 1.807) is 12.1 Å². The number of nitriles is 1. The molecule has 1 amide bonds. The highest BCUT2D eigenvalue weighted by Crippen LogP contribution is 2.15. The van der Waals surface area contributed by atoms with Crippen molar-refractivity contribution in [2.45, 2.75) is 6.54 Å². The zero-order chi connectivity index (χ0) is 15.4. The molecule has 3 aromatic rings. The van der Waals surface area contributed by atoms with E-state index in [0.717, 1.165) is 16.3 Å². The first-order chi connectivity index (χ1) is 10.8. The van der Waals surface area contributed by atoms with Crippen molar-refractivity contribution in [1.29, 1.82) is 5.26 Å². The summed E-state index contributed by atoms with van der Waals surface area (Å²) in [5.74, 6) is -0.117. The van der Waals surface area contributed by atoms with Crippen LogP contribution in [0.1, 0.15) is 21.5 Å². The predicted octanol–water partition coefficient (Wildman–Crippen LogP) is 3.64. The third-order valence-electron chi connectivity index (χ3n) is 3.52. The summed E-state index contributed by atoms with van der Waals surface area (Å²) in [4.78, 5) is 12.2. The van der Waals surface area contributed by atoms with Crippen LogP contribution in [0.15, 0.2) is 66.7 Å². The highest BCUT2D eigenvalue weighted by Gasteiger charge is 2.06. The molecule has 0 aliphatic heterocycles. The number of fused-ring (bicyclic) bond motifs is 1. The number of hydrogen-bond acceptors (Lipinski definition) is 2. The first-order valence-corrected chi connectivity index (χ1v) is 7.02. The molecule has 0 heterocycles. The van der Waals surface area contributed by atoms with Crippen molar-refractivity contribution in [2.24, 2.45) is 0 Å². The Labute approximate surface area is 128 Å². The van der Waals surface area contributed by atoms with Crippen LogP contribution < -0.4 is 5.32 Å². The molecule has 3 heteroatoms. The highest BCUT2D eigenvalue weighted by molar-refractivity contribution is 5.98. The zero-order valence-electron chi connectivity index (χ0n) is 11.9. The van der Waals surface area contributed by atoms with Crippen LogP contribution in [0.2, 0.25) is 0 Å². The van der Waals surface area contributed by atoms with Crippen LogP contribution >= 0.6 is 0 Å². The van der Waals surface area contributed by atoms with Crippen LogP contribution in [0, 0.1) is 11.3 Å². The number of hydrogen-bond donors (Lipinski definition) is 1. The lowest BCUT2D eigenvalue weighted by atomic mass is 10.1. The van der Waals surface area contributed by atoms with E-state index >= 15 is 0 Å². The number of amides is 1. The van der Waals surface area contributed by atoms with Gasteiger partial charge >= 0.3 is 0 Å². The van der Waals surface area contributed by atoms with Gasteiger partial charge in [0.15, 0.2) is 0 Å². The first kappa shape index (κ1) is 13.8. The number of nitrogens with one attached hydrogen (secondary N) is 1. The number of benzene rings is 3. The summed E-state index contributed by atoms with van der Waals surface area (Å²) in [7, 11) is 0. The van der Waals surface area contributed by atoms with Gasteiger partial charge in [-0.1, -0.05) is 42.5 Å². The minimum Gasteiger partial charge on any atom is -0.348 e. The second kappa shape index (κ2) is 6.11. The van der Waals surface area contributed by atoms with Crippen molar-refractivity contribution in [1.82, 2.24) is 5.32 Å². The summed E-state index contributed by atoms with van der Waals surface area (Å²) in [6.45, 7) is 0.404. The van der Waals surface area contributed by atoms with E-state index in [1.165, 1.54) is 0 Å². The average Bonchev–Trinajstić information content (AvgIpc) is 2.59. The molecular weight excluding hydrogens is 272 g/mol. The predicted molar refractivity (Wildman–Crippen MR) is 86.3 cm³/mol.